The van der Waals surface area contributed by atoms with Crippen LogP contribution in [-0.4, -0.2) is 14.2 Å². The number of benzene rings is 3. The SMILES string of the molecule is COc1ccc(/N=N/c2ccc(/N=N/c3cccc(S)c3)cc2OC)cc1. The summed E-state index contributed by atoms with van der Waals surface area (Å²) in [6, 6.07) is 20.1. The van der Waals surface area contributed by atoms with E-state index in [2.05, 4.69) is 33.1 Å². The standard InChI is InChI=1S/C20H18N4O2S/c1-25-17-9-6-14(7-10-17)21-24-19-11-8-16(13-20(19)26-2)23-22-15-4-3-5-18(27)12-15/h3-13,27H,1-2H3/b23-22+,24-21+. The first-order chi connectivity index (χ1) is 13.2. The predicted molar refractivity (Wildman–Crippen MR) is 108 cm³/mol. The number of ether oxygens (including phenoxy) is 2. The summed E-state index contributed by atoms with van der Waals surface area (Å²) in [5.74, 6) is 1.33. The Hall–Kier alpha value is -3.19. The Balaban J connectivity index is 1.78. The van der Waals surface area contributed by atoms with Crippen LogP contribution >= 0.6 is 12.6 Å². The highest BCUT2D eigenvalue weighted by Crippen LogP contribution is 2.33. The lowest BCUT2D eigenvalue weighted by molar-refractivity contribution is 0.414. The number of hydrogen-bond acceptors (Lipinski definition) is 7. The third-order valence-corrected chi connectivity index (χ3v) is 3.90. The first kappa shape index (κ1) is 18.6. The van der Waals surface area contributed by atoms with Gasteiger partial charge < -0.3 is 9.47 Å². The van der Waals surface area contributed by atoms with Crippen molar-refractivity contribution in [2.75, 3.05) is 14.2 Å². The molecule has 3 aromatic rings. The van der Waals surface area contributed by atoms with Gasteiger partial charge in [0.15, 0.2) is 0 Å². The number of methoxy groups -OCH3 is 2. The number of thiol groups is 1. The van der Waals surface area contributed by atoms with Crippen LogP contribution in [0.25, 0.3) is 0 Å². The summed E-state index contributed by atoms with van der Waals surface area (Å²) in [5, 5.41) is 16.9. The molecule has 0 aromatic heterocycles. The second-order valence-corrected chi connectivity index (χ2v) is 5.99. The zero-order valence-electron chi connectivity index (χ0n) is 14.9. The molecule has 0 amide bonds. The Morgan fingerprint density at radius 3 is 2.00 bits per heavy atom. The molecule has 7 heteroatoms. The zero-order valence-corrected chi connectivity index (χ0v) is 15.8. The van der Waals surface area contributed by atoms with E-state index in [-0.39, 0.29) is 0 Å². The average Bonchev–Trinajstić information content (AvgIpc) is 2.71. The van der Waals surface area contributed by atoms with Crippen LogP contribution in [0.15, 0.2) is 92.1 Å². The third kappa shape index (κ3) is 5.15. The van der Waals surface area contributed by atoms with Gasteiger partial charge >= 0.3 is 0 Å². The van der Waals surface area contributed by atoms with Gasteiger partial charge in [0.25, 0.3) is 0 Å². The highest BCUT2D eigenvalue weighted by molar-refractivity contribution is 7.80. The highest BCUT2D eigenvalue weighted by Gasteiger charge is 2.04. The number of rotatable bonds is 6. The molecule has 0 heterocycles. The van der Waals surface area contributed by atoms with Gasteiger partial charge in [-0.3, -0.25) is 0 Å². The number of nitrogens with zero attached hydrogens (tertiary/aromatic N) is 4. The van der Waals surface area contributed by atoms with Crippen molar-refractivity contribution < 1.29 is 9.47 Å². The van der Waals surface area contributed by atoms with E-state index in [9.17, 15) is 0 Å². The van der Waals surface area contributed by atoms with Gasteiger partial charge in [0.1, 0.15) is 17.2 Å². The molecule has 0 N–H and O–H groups in total. The normalized spacial score (nSPS) is 11.2. The molecule has 0 saturated carbocycles. The first-order valence-electron chi connectivity index (χ1n) is 8.12. The minimum Gasteiger partial charge on any atom is -0.497 e. The molecule has 3 aromatic carbocycles. The van der Waals surface area contributed by atoms with Gasteiger partial charge in [-0.2, -0.15) is 15.3 Å². The fourth-order valence-corrected chi connectivity index (χ4v) is 2.46. The first-order valence-corrected chi connectivity index (χ1v) is 8.57. The molecule has 0 saturated heterocycles. The van der Waals surface area contributed by atoms with E-state index in [0.29, 0.717) is 22.8 Å². The molecular formula is C20H18N4O2S. The van der Waals surface area contributed by atoms with Crippen molar-refractivity contribution in [3.05, 3.63) is 66.7 Å². The maximum absolute atomic E-state index is 5.39. The van der Waals surface area contributed by atoms with Gasteiger partial charge in [-0.1, -0.05) is 6.07 Å². The molecule has 0 atom stereocenters. The van der Waals surface area contributed by atoms with Gasteiger partial charge in [0.2, 0.25) is 0 Å². The maximum atomic E-state index is 5.39. The smallest absolute Gasteiger partial charge is 0.148 e. The lowest BCUT2D eigenvalue weighted by atomic mass is 10.2. The molecule has 0 aliphatic rings. The molecular weight excluding hydrogens is 360 g/mol. The summed E-state index contributed by atoms with van der Waals surface area (Å²) in [6.07, 6.45) is 0. The minimum absolute atomic E-state index is 0.562. The van der Waals surface area contributed by atoms with Crippen LogP contribution in [0.5, 0.6) is 11.5 Å². The minimum atomic E-state index is 0.562. The van der Waals surface area contributed by atoms with E-state index in [1.54, 1.807) is 32.4 Å². The van der Waals surface area contributed by atoms with Gasteiger partial charge in [0.05, 0.1) is 31.3 Å². The molecule has 0 aliphatic carbocycles. The van der Waals surface area contributed by atoms with Gasteiger partial charge in [0, 0.05) is 11.0 Å². The third-order valence-electron chi connectivity index (χ3n) is 3.62. The van der Waals surface area contributed by atoms with Crippen LogP contribution < -0.4 is 9.47 Å². The fourth-order valence-electron chi connectivity index (χ4n) is 2.24. The predicted octanol–water partition coefficient (Wildman–Crippen LogP) is 6.82. The van der Waals surface area contributed by atoms with Crippen molar-refractivity contribution in [1.82, 2.24) is 0 Å². The largest absolute Gasteiger partial charge is 0.497 e. The van der Waals surface area contributed by atoms with Gasteiger partial charge in [-0.25, -0.2) is 0 Å². The molecule has 0 fully saturated rings. The highest BCUT2D eigenvalue weighted by atomic mass is 32.1. The van der Waals surface area contributed by atoms with Crippen molar-refractivity contribution in [3.8, 4) is 11.5 Å². The van der Waals surface area contributed by atoms with Crippen LogP contribution in [0, 0.1) is 0 Å². The summed E-state index contributed by atoms with van der Waals surface area (Å²) in [4.78, 5) is 0.832. The summed E-state index contributed by atoms with van der Waals surface area (Å²) in [5.41, 5.74) is 2.70. The van der Waals surface area contributed by atoms with Crippen molar-refractivity contribution >= 4 is 35.4 Å². The van der Waals surface area contributed by atoms with Gasteiger partial charge in [-0.05, 0) is 54.6 Å². The van der Waals surface area contributed by atoms with Crippen LogP contribution in [0.3, 0.4) is 0 Å². The molecule has 6 nitrogen and oxygen atoms in total. The Morgan fingerprint density at radius 1 is 0.667 bits per heavy atom. The molecule has 0 unspecified atom stereocenters. The van der Waals surface area contributed by atoms with E-state index >= 15 is 0 Å². The van der Waals surface area contributed by atoms with Crippen LogP contribution in [0.2, 0.25) is 0 Å². The zero-order chi connectivity index (χ0) is 19.1. The maximum Gasteiger partial charge on any atom is 0.148 e. The van der Waals surface area contributed by atoms with Crippen molar-refractivity contribution in [1.29, 1.82) is 0 Å². The monoisotopic (exact) mass is 378 g/mol. The molecule has 3 rings (SSSR count). The number of azo groups is 2. The molecule has 0 spiro atoms. The lowest BCUT2D eigenvalue weighted by Crippen LogP contribution is -1.82. The van der Waals surface area contributed by atoms with E-state index in [4.69, 9.17) is 9.47 Å². The van der Waals surface area contributed by atoms with E-state index in [1.807, 2.05) is 48.5 Å². The van der Waals surface area contributed by atoms with E-state index in [0.717, 1.165) is 16.3 Å². The summed E-state index contributed by atoms with van der Waals surface area (Å²) < 4.78 is 10.5. The Bertz CT molecular complexity index is 972. The van der Waals surface area contributed by atoms with E-state index in [1.165, 1.54) is 0 Å². The Labute approximate surface area is 163 Å². The molecule has 0 aliphatic heterocycles. The topological polar surface area (TPSA) is 67.9 Å². The van der Waals surface area contributed by atoms with E-state index < -0.39 is 0 Å². The van der Waals surface area contributed by atoms with Crippen LogP contribution in [0.1, 0.15) is 0 Å². The summed E-state index contributed by atoms with van der Waals surface area (Å²) in [7, 11) is 3.20. The van der Waals surface area contributed by atoms with Crippen molar-refractivity contribution in [3.63, 3.8) is 0 Å². The quantitative estimate of drug-likeness (QED) is 0.377. The molecule has 27 heavy (non-hydrogen) atoms. The van der Waals surface area contributed by atoms with Crippen LogP contribution in [-0.2, 0) is 0 Å². The summed E-state index contributed by atoms with van der Waals surface area (Å²) in [6.45, 7) is 0. The molecule has 136 valence electrons. The molecule has 0 bridgehead atoms. The van der Waals surface area contributed by atoms with Crippen molar-refractivity contribution in [2.45, 2.75) is 4.90 Å². The Morgan fingerprint density at radius 2 is 1.33 bits per heavy atom. The second-order valence-electron chi connectivity index (χ2n) is 5.47. The Kier molecular flexibility index (Phi) is 6.17. The molecule has 0 radical (unpaired) electrons. The van der Waals surface area contributed by atoms with Crippen LogP contribution in [0.4, 0.5) is 22.7 Å². The van der Waals surface area contributed by atoms with Gasteiger partial charge in [-0.15, -0.1) is 17.7 Å². The lowest BCUT2D eigenvalue weighted by Gasteiger charge is -2.04. The van der Waals surface area contributed by atoms with Crippen molar-refractivity contribution in [2.24, 2.45) is 20.5 Å². The summed E-state index contributed by atoms with van der Waals surface area (Å²) >= 11 is 4.29. The average molecular weight is 378 g/mol. The fraction of sp³-hybridized carbons (Fsp3) is 0.100. The second kappa shape index (κ2) is 8.95. The number of hydrogen-bond donors (Lipinski definition) is 1.